The Morgan fingerprint density at radius 1 is 0.967 bits per heavy atom. The van der Waals surface area contributed by atoms with Crippen LogP contribution in [0, 0.1) is 0 Å². The van der Waals surface area contributed by atoms with Crippen molar-refractivity contribution in [1.82, 2.24) is 5.43 Å². The van der Waals surface area contributed by atoms with Crippen LogP contribution in [0.5, 0.6) is 11.5 Å². The summed E-state index contributed by atoms with van der Waals surface area (Å²) in [5.41, 5.74) is 7.43. The highest BCUT2D eigenvalue weighted by atomic mass is 35.5. The van der Waals surface area contributed by atoms with Crippen LogP contribution >= 0.6 is 11.6 Å². The summed E-state index contributed by atoms with van der Waals surface area (Å²) in [4.78, 5) is 14.8. The van der Waals surface area contributed by atoms with E-state index < -0.39 is 0 Å². The molecule has 2 aliphatic heterocycles. The van der Waals surface area contributed by atoms with Crippen molar-refractivity contribution in [3.8, 4) is 11.5 Å². The molecule has 3 aromatic carbocycles. The zero-order chi connectivity index (χ0) is 20.5. The average molecular weight is 420 g/mol. The minimum Gasteiger partial charge on any atom is -0.454 e. The van der Waals surface area contributed by atoms with Gasteiger partial charge in [0.2, 0.25) is 6.79 Å². The molecule has 30 heavy (non-hydrogen) atoms. The fourth-order valence-electron chi connectivity index (χ4n) is 3.59. The lowest BCUT2D eigenvalue weighted by atomic mass is 10.1. The van der Waals surface area contributed by atoms with E-state index in [1.165, 1.54) is 5.56 Å². The van der Waals surface area contributed by atoms with E-state index in [0.717, 1.165) is 34.9 Å². The first-order valence-electron chi connectivity index (χ1n) is 9.51. The molecule has 3 aromatic rings. The second-order valence-corrected chi connectivity index (χ2v) is 7.56. The van der Waals surface area contributed by atoms with Crippen LogP contribution in [0.15, 0.2) is 65.8 Å². The highest BCUT2D eigenvalue weighted by Crippen LogP contribution is 2.32. The summed E-state index contributed by atoms with van der Waals surface area (Å²) in [5.74, 6) is 1.14. The molecule has 7 heteroatoms. The number of rotatable bonds is 4. The molecule has 150 valence electrons. The van der Waals surface area contributed by atoms with E-state index in [-0.39, 0.29) is 12.7 Å². The van der Waals surface area contributed by atoms with Crippen molar-refractivity contribution < 1.29 is 14.3 Å². The number of hydrogen-bond acceptors (Lipinski definition) is 5. The molecular formula is C23H18ClN3O3. The molecule has 0 saturated heterocycles. The number of ether oxygens (including phenoxy) is 2. The molecule has 0 unspecified atom stereocenters. The van der Waals surface area contributed by atoms with E-state index in [0.29, 0.717) is 17.1 Å². The average Bonchev–Trinajstić information content (AvgIpc) is 3.40. The van der Waals surface area contributed by atoms with Crippen molar-refractivity contribution in [2.45, 2.75) is 13.1 Å². The van der Waals surface area contributed by atoms with E-state index in [4.69, 9.17) is 21.1 Å². The van der Waals surface area contributed by atoms with Crippen LogP contribution in [-0.4, -0.2) is 18.9 Å². The minimum absolute atomic E-state index is 0.223. The van der Waals surface area contributed by atoms with E-state index >= 15 is 0 Å². The van der Waals surface area contributed by atoms with E-state index in [9.17, 15) is 4.79 Å². The predicted molar refractivity (Wildman–Crippen MR) is 115 cm³/mol. The third-order valence-electron chi connectivity index (χ3n) is 5.16. The van der Waals surface area contributed by atoms with Crippen LogP contribution in [0.4, 0.5) is 5.69 Å². The SMILES string of the molecule is O=C(N/N=C/c1ccc2c(c1)OCO2)c1ccc2c(c1)CN(c1ccc(Cl)cc1)C2. The molecule has 1 N–H and O–H groups in total. The van der Waals surface area contributed by atoms with Gasteiger partial charge in [-0.2, -0.15) is 5.10 Å². The lowest BCUT2D eigenvalue weighted by Gasteiger charge is -2.17. The van der Waals surface area contributed by atoms with Crippen LogP contribution < -0.4 is 19.8 Å². The summed E-state index contributed by atoms with van der Waals surface area (Å²) in [6.07, 6.45) is 1.58. The Balaban J connectivity index is 1.24. The first-order chi connectivity index (χ1) is 14.7. The fraction of sp³-hybridized carbons (Fsp3) is 0.130. The summed E-state index contributed by atoms with van der Waals surface area (Å²) in [7, 11) is 0. The Kier molecular flexibility index (Phi) is 4.77. The molecule has 0 aromatic heterocycles. The summed E-state index contributed by atoms with van der Waals surface area (Å²) >= 11 is 5.98. The maximum absolute atomic E-state index is 12.5. The molecule has 1 amide bonds. The van der Waals surface area contributed by atoms with Crippen LogP contribution in [-0.2, 0) is 13.1 Å². The number of halogens is 1. The van der Waals surface area contributed by atoms with Crippen molar-refractivity contribution >= 4 is 29.4 Å². The Labute approximate surface area is 178 Å². The van der Waals surface area contributed by atoms with Crippen molar-refractivity contribution in [1.29, 1.82) is 0 Å². The number of nitrogens with zero attached hydrogens (tertiary/aromatic N) is 2. The summed E-state index contributed by atoms with van der Waals surface area (Å²) in [5, 5.41) is 4.78. The molecule has 5 rings (SSSR count). The number of carbonyl (C=O) groups is 1. The van der Waals surface area contributed by atoms with Crippen LogP contribution in [0.1, 0.15) is 27.0 Å². The van der Waals surface area contributed by atoms with Gasteiger partial charge >= 0.3 is 0 Å². The Morgan fingerprint density at radius 3 is 2.63 bits per heavy atom. The molecular weight excluding hydrogens is 402 g/mol. The van der Waals surface area contributed by atoms with Crippen molar-refractivity contribution in [2.75, 3.05) is 11.7 Å². The van der Waals surface area contributed by atoms with Gasteiger partial charge in [-0.25, -0.2) is 5.43 Å². The number of nitrogens with one attached hydrogen (secondary N) is 1. The Morgan fingerprint density at radius 2 is 1.77 bits per heavy atom. The molecule has 2 heterocycles. The van der Waals surface area contributed by atoms with Gasteiger partial charge in [0.05, 0.1) is 6.21 Å². The van der Waals surface area contributed by atoms with Gasteiger partial charge in [0.1, 0.15) is 0 Å². The molecule has 6 nitrogen and oxygen atoms in total. The van der Waals surface area contributed by atoms with Gasteiger partial charge in [0.25, 0.3) is 5.91 Å². The number of benzene rings is 3. The number of hydrazone groups is 1. The quantitative estimate of drug-likeness (QED) is 0.504. The number of anilines is 1. The molecule has 2 aliphatic rings. The topological polar surface area (TPSA) is 63.2 Å². The van der Waals surface area contributed by atoms with Crippen molar-refractivity contribution in [3.05, 3.63) is 87.9 Å². The molecule has 0 radical (unpaired) electrons. The minimum atomic E-state index is -0.250. The van der Waals surface area contributed by atoms with Gasteiger partial charge in [0.15, 0.2) is 11.5 Å². The molecule has 0 bridgehead atoms. The highest BCUT2D eigenvalue weighted by molar-refractivity contribution is 6.30. The number of fused-ring (bicyclic) bond motifs is 2. The van der Waals surface area contributed by atoms with E-state index in [1.54, 1.807) is 6.21 Å². The second-order valence-electron chi connectivity index (χ2n) is 7.13. The van der Waals surface area contributed by atoms with E-state index in [2.05, 4.69) is 15.4 Å². The summed E-state index contributed by atoms with van der Waals surface area (Å²) in [6, 6.07) is 19.0. The Hall–Kier alpha value is -3.51. The lowest BCUT2D eigenvalue weighted by Crippen LogP contribution is -2.17. The largest absolute Gasteiger partial charge is 0.454 e. The molecule has 0 saturated carbocycles. The summed E-state index contributed by atoms with van der Waals surface area (Å²) in [6.45, 7) is 1.78. The maximum Gasteiger partial charge on any atom is 0.271 e. The highest BCUT2D eigenvalue weighted by Gasteiger charge is 2.20. The molecule has 0 fully saturated rings. The zero-order valence-electron chi connectivity index (χ0n) is 16.0. The van der Waals surface area contributed by atoms with Gasteiger partial charge in [-0.15, -0.1) is 0 Å². The van der Waals surface area contributed by atoms with Crippen LogP contribution in [0.3, 0.4) is 0 Å². The number of amides is 1. The third-order valence-corrected chi connectivity index (χ3v) is 5.41. The molecule has 0 aliphatic carbocycles. The van der Waals surface area contributed by atoms with Gasteiger partial charge in [-0.1, -0.05) is 17.7 Å². The summed E-state index contributed by atoms with van der Waals surface area (Å²) < 4.78 is 10.6. The van der Waals surface area contributed by atoms with Gasteiger partial charge in [0, 0.05) is 29.4 Å². The van der Waals surface area contributed by atoms with Gasteiger partial charge in [-0.05, 0) is 71.3 Å². The second kappa shape index (κ2) is 7.72. The van der Waals surface area contributed by atoms with E-state index in [1.807, 2.05) is 60.7 Å². The number of hydrogen-bond donors (Lipinski definition) is 1. The standard InChI is InChI=1S/C23H18ClN3O3/c24-19-4-6-20(7-5-19)27-12-17-3-2-16(10-18(17)13-27)23(28)26-25-11-15-1-8-21-22(9-15)30-14-29-21/h1-11H,12-14H2,(H,26,28)/b25-11+. The molecule has 0 spiro atoms. The Bertz CT molecular complexity index is 1140. The number of carbonyl (C=O) groups excluding carboxylic acids is 1. The van der Waals surface area contributed by atoms with Crippen molar-refractivity contribution in [2.24, 2.45) is 5.10 Å². The third kappa shape index (κ3) is 3.69. The first-order valence-corrected chi connectivity index (χ1v) is 9.89. The fourth-order valence-corrected chi connectivity index (χ4v) is 3.72. The predicted octanol–water partition coefficient (Wildman–Crippen LogP) is 4.35. The lowest BCUT2D eigenvalue weighted by molar-refractivity contribution is 0.0955. The smallest absolute Gasteiger partial charge is 0.271 e. The van der Waals surface area contributed by atoms with Crippen molar-refractivity contribution in [3.63, 3.8) is 0 Å². The van der Waals surface area contributed by atoms with Gasteiger partial charge in [-0.3, -0.25) is 4.79 Å². The van der Waals surface area contributed by atoms with Crippen LogP contribution in [0.2, 0.25) is 5.02 Å². The normalized spacial score (nSPS) is 14.2. The monoisotopic (exact) mass is 419 g/mol. The molecule has 0 atom stereocenters. The first kappa shape index (κ1) is 18.5. The van der Waals surface area contributed by atoms with Gasteiger partial charge < -0.3 is 14.4 Å². The maximum atomic E-state index is 12.5. The van der Waals surface area contributed by atoms with Crippen LogP contribution in [0.25, 0.3) is 0 Å². The zero-order valence-corrected chi connectivity index (χ0v) is 16.7.